The van der Waals surface area contributed by atoms with Gasteiger partial charge in [0.1, 0.15) is 16.8 Å². The highest BCUT2D eigenvalue weighted by atomic mass is 32.1. The van der Waals surface area contributed by atoms with Crippen molar-refractivity contribution < 1.29 is 4.42 Å². The standard InChI is InChI=1S/C40H22N2OS/c1-2-10-23(11-3-1)24-12-8-13-25(22-24)37-39-38(29-16-6-7-18-31(29)43-39)42-40(41-37)30-20-21-33-36-34(30)27-15-5-4-14-26(27)28-17-9-19-32(44-33)35(28)36/h1-22H. The molecule has 0 radical (unpaired) electrons. The molecule has 3 nitrogen and oxygen atoms in total. The molecule has 0 atom stereocenters. The highest BCUT2D eigenvalue weighted by molar-refractivity contribution is 7.26. The molecule has 0 aliphatic rings. The topological polar surface area (TPSA) is 38.9 Å². The fraction of sp³-hybridized carbons (Fsp3) is 0. The molecule has 0 spiro atoms. The molecular weight excluding hydrogens is 557 g/mol. The highest BCUT2D eigenvalue weighted by Gasteiger charge is 2.23. The highest BCUT2D eigenvalue weighted by Crippen LogP contribution is 2.48. The molecule has 7 aromatic carbocycles. The van der Waals surface area contributed by atoms with Gasteiger partial charge < -0.3 is 4.42 Å². The largest absolute Gasteiger partial charge is 0.452 e. The van der Waals surface area contributed by atoms with Crippen LogP contribution in [0.25, 0.3) is 97.6 Å². The van der Waals surface area contributed by atoms with E-state index >= 15 is 0 Å². The minimum atomic E-state index is 0.703. The smallest absolute Gasteiger partial charge is 0.180 e. The lowest BCUT2D eigenvalue weighted by molar-refractivity contribution is 0.667. The number of nitrogens with zero attached hydrogens (tertiary/aromatic N) is 2. The van der Waals surface area contributed by atoms with Crippen molar-refractivity contribution in [1.29, 1.82) is 0 Å². The number of fused-ring (bicyclic) bond motifs is 6. The first-order valence-corrected chi connectivity index (χ1v) is 15.6. The van der Waals surface area contributed by atoms with Crippen molar-refractivity contribution in [1.82, 2.24) is 9.97 Å². The van der Waals surface area contributed by atoms with E-state index in [1.807, 2.05) is 35.6 Å². The Kier molecular flexibility index (Phi) is 4.87. The molecule has 44 heavy (non-hydrogen) atoms. The van der Waals surface area contributed by atoms with Gasteiger partial charge in [0.15, 0.2) is 11.4 Å². The van der Waals surface area contributed by atoms with Crippen molar-refractivity contribution >= 4 is 75.1 Å². The van der Waals surface area contributed by atoms with Gasteiger partial charge in [-0.1, -0.05) is 97.1 Å². The van der Waals surface area contributed by atoms with E-state index in [0.29, 0.717) is 11.4 Å². The van der Waals surface area contributed by atoms with Crippen LogP contribution in [0.3, 0.4) is 0 Å². The van der Waals surface area contributed by atoms with Crippen molar-refractivity contribution in [2.75, 3.05) is 0 Å². The summed E-state index contributed by atoms with van der Waals surface area (Å²) in [5, 5.41) is 8.59. The van der Waals surface area contributed by atoms with Gasteiger partial charge in [-0.25, -0.2) is 9.97 Å². The fourth-order valence-electron chi connectivity index (χ4n) is 6.92. The predicted octanol–water partition coefficient (Wildman–Crippen LogP) is 11.5. The summed E-state index contributed by atoms with van der Waals surface area (Å²) >= 11 is 1.85. The lowest BCUT2D eigenvalue weighted by Crippen LogP contribution is -1.95. The summed E-state index contributed by atoms with van der Waals surface area (Å²) in [4.78, 5) is 10.6. The van der Waals surface area contributed by atoms with Crippen LogP contribution in [0.15, 0.2) is 138 Å². The van der Waals surface area contributed by atoms with Crippen molar-refractivity contribution in [2.24, 2.45) is 0 Å². The first kappa shape index (κ1) is 23.9. The van der Waals surface area contributed by atoms with Crippen molar-refractivity contribution in [3.8, 4) is 33.8 Å². The van der Waals surface area contributed by atoms with Gasteiger partial charge in [0.05, 0.1) is 0 Å². The van der Waals surface area contributed by atoms with E-state index in [2.05, 4.69) is 109 Å². The maximum Gasteiger partial charge on any atom is 0.180 e. The van der Waals surface area contributed by atoms with Crippen LogP contribution in [0.2, 0.25) is 0 Å². The summed E-state index contributed by atoms with van der Waals surface area (Å²) in [6.45, 7) is 0. The van der Waals surface area contributed by atoms with Gasteiger partial charge in [0.2, 0.25) is 0 Å². The molecule has 0 N–H and O–H groups in total. The summed E-state index contributed by atoms with van der Waals surface area (Å²) in [5.74, 6) is 0.703. The second-order valence-electron chi connectivity index (χ2n) is 11.3. The van der Waals surface area contributed by atoms with E-state index in [1.165, 1.54) is 41.7 Å². The van der Waals surface area contributed by atoms with Gasteiger partial charge >= 0.3 is 0 Å². The molecule has 0 amide bonds. The van der Waals surface area contributed by atoms with Crippen LogP contribution in [0, 0.1) is 0 Å². The van der Waals surface area contributed by atoms with Gasteiger partial charge in [-0.3, -0.25) is 0 Å². The summed E-state index contributed by atoms with van der Waals surface area (Å²) in [6, 6.07) is 47.0. The summed E-state index contributed by atoms with van der Waals surface area (Å²) in [7, 11) is 0. The fourth-order valence-corrected chi connectivity index (χ4v) is 8.06. The quantitative estimate of drug-likeness (QED) is 0.196. The molecule has 10 aromatic rings. The monoisotopic (exact) mass is 578 g/mol. The van der Waals surface area contributed by atoms with Gasteiger partial charge in [-0.15, -0.1) is 11.3 Å². The van der Waals surface area contributed by atoms with E-state index < -0.39 is 0 Å². The molecule has 3 aromatic heterocycles. The molecule has 0 unspecified atom stereocenters. The Morgan fingerprint density at radius 1 is 0.477 bits per heavy atom. The maximum absolute atomic E-state index is 6.49. The molecule has 0 saturated carbocycles. The minimum absolute atomic E-state index is 0.703. The van der Waals surface area contributed by atoms with Gasteiger partial charge in [-0.2, -0.15) is 0 Å². The molecule has 204 valence electrons. The summed E-state index contributed by atoms with van der Waals surface area (Å²) < 4.78 is 9.08. The van der Waals surface area contributed by atoms with Crippen LogP contribution in [0.1, 0.15) is 0 Å². The first-order chi connectivity index (χ1) is 21.8. The minimum Gasteiger partial charge on any atom is -0.452 e. The number of hydrogen-bond donors (Lipinski definition) is 0. The number of benzene rings is 7. The third-order valence-corrected chi connectivity index (χ3v) is 9.97. The SMILES string of the molecule is c1ccc(-c2cccc(-c3nc(-c4ccc5sc6cccc7c8ccccc8c4c5c67)nc4c3oc3ccccc34)c2)cc1. The third-order valence-electron chi connectivity index (χ3n) is 8.85. The van der Waals surface area contributed by atoms with Crippen molar-refractivity contribution in [3.63, 3.8) is 0 Å². The molecule has 10 rings (SSSR count). The normalized spacial score (nSPS) is 12.1. The van der Waals surface area contributed by atoms with Gasteiger partial charge in [0, 0.05) is 42.1 Å². The van der Waals surface area contributed by atoms with E-state index in [-0.39, 0.29) is 0 Å². The number of thiophene rings is 1. The van der Waals surface area contributed by atoms with E-state index in [0.717, 1.165) is 44.4 Å². The van der Waals surface area contributed by atoms with Crippen LogP contribution in [-0.2, 0) is 0 Å². The van der Waals surface area contributed by atoms with E-state index in [9.17, 15) is 0 Å². The Labute approximate surface area is 256 Å². The van der Waals surface area contributed by atoms with Crippen LogP contribution in [0.5, 0.6) is 0 Å². The van der Waals surface area contributed by atoms with Crippen molar-refractivity contribution in [2.45, 2.75) is 0 Å². The van der Waals surface area contributed by atoms with Gasteiger partial charge in [-0.05, 0) is 63.7 Å². The predicted molar refractivity (Wildman–Crippen MR) is 185 cm³/mol. The number of rotatable bonds is 3. The molecule has 3 heterocycles. The Morgan fingerprint density at radius 3 is 2.07 bits per heavy atom. The second kappa shape index (κ2) is 8.96. The zero-order chi connectivity index (χ0) is 28.8. The second-order valence-corrected chi connectivity index (χ2v) is 12.4. The lowest BCUT2D eigenvalue weighted by Gasteiger charge is -2.13. The van der Waals surface area contributed by atoms with E-state index in [1.54, 1.807) is 0 Å². The Hall–Kier alpha value is -5.58. The van der Waals surface area contributed by atoms with Crippen LogP contribution >= 0.6 is 11.3 Å². The van der Waals surface area contributed by atoms with Gasteiger partial charge in [0.25, 0.3) is 0 Å². The van der Waals surface area contributed by atoms with E-state index in [4.69, 9.17) is 14.4 Å². The van der Waals surface area contributed by atoms with Crippen molar-refractivity contribution in [3.05, 3.63) is 133 Å². The Morgan fingerprint density at radius 2 is 1.16 bits per heavy atom. The first-order valence-electron chi connectivity index (χ1n) is 14.8. The molecule has 0 fully saturated rings. The number of furan rings is 1. The number of hydrogen-bond acceptors (Lipinski definition) is 4. The molecule has 0 saturated heterocycles. The van der Waals surface area contributed by atoms with Crippen LogP contribution in [0.4, 0.5) is 0 Å². The summed E-state index contributed by atoms with van der Waals surface area (Å²) in [5.41, 5.74) is 7.48. The lowest BCUT2D eigenvalue weighted by atomic mass is 9.91. The van der Waals surface area contributed by atoms with Crippen LogP contribution < -0.4 is 0 Å². The molecule has 0 bridgehead atoms. The maximum atomic E-state index is 6.49. The average Bonchev–Trinajstić information content (AvgIpc) is 3.67. The molecule has 0 aliphatic carbocycles. The number of aromatic nitrogens is 2. The number of para-hydroxylation sites is 1. The Balaban J connectivity index is 1.33. The van der Waals surface area contributed by atoms with Crippen LogP contribution in [-0.4, -0.2) is 9.97 Å². The Bertz CT molecular complexity index is 2720. The molecule has 0 aliphatic heterocycles. The zero-order valence-corrected chi connectivity index (χ0v) is 24.2. The molecular formula is C40H22N2OS. The summed E-state index contributed by atoms with van der Waals surface area (Å²) in [6.07, 6.45) is 0. The molecule has 4 heteroatoms. The zero-order valence-electron chi connectivity index (χ0n) is 23.4. The third kappa shape index (κ3) is 3.31. The average molecular weight is 579 g/mol.